The number of rotatable bonds is 3. The predicted octanol–water partition coefficient (Wildman–Crippen LogP) is 2.03. The van der Waals surface area contributed by atoms with E-state index < -0.39 is 6.10 Å². The molecule has 2 aromatic rings. The van der Waals surface area contributed by atoms with Gasteiger partial charge in [0.05, 0.1) is 16.7 Å². The zero-order valence-electron chi connectivity index (χ0n) is 12.1. The highest BCUT2D eigenvalue weighted by Crippen LogP contribution is 2.26. The summed E-state index contributed by atoms with van der Waals surface area (Å²) < 4.78 is 5.20. The molecule has 21 heavy (non-hydrogen) atoms. The van der Waals surface area contributed by atoms with E-state index in [1.165, 1.54) is 11.3 Å². The lowest BCUT2D eigenvalue weighted by Gasteiger charge is -2.15. The number of aryl methyl sites for hydroxylation is 2. The molecule has 1 N–H and O–H groups in total. The van der Waals surface area contributed by atoms with Gasteiger partial charge in [-0.15, -0.1) is 11.3 Å². The fourth-order valence-electron chi connectivity index (χ4n) is 2.73. The molecular formula is C15H18N2O3S. The maximum atomic E-state index is 12.5. The fraction of sp³-hybridized carbons (Fsp3) is 0.467. The third-order valence-corrected chi connectivity index (χ3v) is 4.89. The molecular weight excluding hydrogens is 288 g/mol. The summed E-state index contributed by atoms with van der Waals surface area (Å²) in [5.74, 6) is 0.775. The summed E-state index contributed by atoms with van der Waals surface area (Å²) in [7, 11) is 0. The van der Waals surface area contributed by atoms with Crippen LogP contribution in [0.4, 0.5) is 0 Å². The van der Waals surface area contributed by atoms with Crippen LogP contribution in [0.5, 0.6) is 0 Å². The summed E-state index contributed by atoms with van der Waals surface area (Å²) >= 11 is 1.45. The van der Waals surface area contributed by atoms with Crippen molar-refractivity contribution in [2.24, 2.45) is 5.92 Å². The van der Waals surface area contributed by atoms with Gasteiger partial charge in [0.2, 0.25) is 0 Å². The molecule has 112 valence electrons. The van der Waals surface area contributed by atoms with Gasteiger partial charge in [0.25, 0.3) is 5.91 Å². The second-order valence-electron chi connectivity index (χ2n) is 5.61. The third-order valence-electron chi connectivity index (χ3n) is 3.89. The standard InChI is InChI=1S/C15H18N2O3S/c1-9-3-4-21-14(9)15(19)17-7-11(13(18)8-17)6-12-5-10(2)16-20-12/h3-5,11,13,18H,6-8H2,1-2H3/t11-,13-/m1/s1. The third kappa shape index (κ3) is 2.87. The quantitative estimate of drug-likeness (QED) is 0.942. The Hall–Kier alpha value is -1.66. The molecule has 0 saturated carbocycles. The van der Waals surface area contributed by atoms with Gasteiger partial charge in [0, 0.05) is 31.5 Å². The Morgan fingerprint density at radius 2 is 2.33 bits per heavy atom. The van der Waals surface area contributed by atoms with Crippen molar-refractivity contribution in [2.75, 3.05) is 13.1 Å². The Morgan fingerprint density at radius 1 is 1.52 bits per heavy atom. The highest BCUT2D eigenvalue weighted by Gasteiger charge is 2.35. The lowest BCUT2D eigenvalue weighted by atomic mass is 10.0. The van der Waals surface area contributed by atoms with Crippen LogP contribution in [0.3, 0.4) is 0 Å². The van der Waals surface area contributed by atoms with Crippen LogP contribution in [-0.2, 0) is 6.42 Å². The maximum absolute atomic E-state index is 12.5. The Morgan fingerprint density at radius 3 is 2.95 bits per heavy atom. The van der Waals surface area contributed by atoms with E-state index in [9.17, 15) is 9.90 Å². The molecule has 0 aliphatic carbocycles. The van der Waals surface area contributed by atoms with Gasteiger partial charge in [-0.25, -0.2) is 0 Å². The van der Waals surface area contributed by atoms with Crippen LogP contribution in [0, 0.1) is 19.8 Å². The number of β-amino-alcohol motifs (C(OH)–C–C–N with tert-alkyl or cyclic N) is 1. The van der Waals surface area contributed by atoms with Crippen molar-refractivity contribution in [2.45, 2.75) is 26.4 Å². The van der Waals surface area contributed by atoms with E-state index in [2.05, 4.69) is 5.16 Å². The Bertz CT molecular complexity index is 649. The Labute approximate surface area is 127 Å². The minimum absolute atomic E-state index is 0.00145. The zero-order chi connectivity index (χ0) is 15.0. The number of aliphatic hydroxyl groups excluding tert-OH is 1. The van der Waals surface area contributed by atoms with Gasteiger partial charge in [0.1, 0.15) is 5.76 Å². The summed E-state index contributed by atoms with van der Waals surface area (Å²) in [6.07, 6.45) is 0.0921. The number of aromatic nitrogens is 1. The first kappa shape index (κ1) is 14.3. The molecule has 0 radical (unpaired) electrons. The van der Waals surface area contributed by atoms with Crippen molar-refractivity contribution in [1.82, 2.24) is 10.1 Å². The van der Waals surface area contributed by atoms with E-state index in [-0.39, 0.29) is 11.8 Å². The van der Waals surface area contributed by atoms with Crippen molar-refractivity contribution in [3.8, 4) is 0 Å². The van der Waals surface area contributed by atoms with Crippen LogP contribution in [0.25, 0.3) is 0 Å². The smallest absolute Gasteiger partial charge is 0.264 e. The minimum Gasteiger partial charge on any atom is -0.391 e. The van der Waals surface area contributed by atoms with E-state index in [1.54, 1.807) is 4.90 Å². The molecule has 1 aliphatic rings. The van der Waals surface area contributed by atoms with Crippen molar-refractivity contribution < 1.29 is 14.4 Å². The second-order valence-corrected chi connectivity index (χ2v) is 6.53. The summed E-state index contributed by atoms with van der Waals surface area (Å²) in [6, 6.07) is 3.82. The number of amides is 1. The van der Waals surface area contributed by atoms with Gasteiger partial charge in [-0.2, -0.15) is 0 Å². The van der Waals surface area contributed by atoms with Crippen molar-refractivity contribution in [3.63, 3.8) is 0 Å². The van der Waals surface area contributed by atoms with Crippen LogP contribution in [0.1, 0.15) is 26.7 Å². The Balaban J connectivity index is 1.68. The first-order valence-corrected chi connectivity index (χ1v) is 7.86. The SMILES string of the molecule is Cc1cc(C[C@@H]2CN(C(=O)c3sccc3C)C[C@H]2O)on1. The fourth-order valence-corrected chi connectivity index (χ4v) is 3.62. The van der Waals surface area contributed by atoms with E-state index in [1.807, 2.05) is 31.4 Å². The highest BCUT2D eigenvalue weighted by atomic mass is 32.1. The monoisotopic (exact) mass is 306 g/mol. The van der Waals surface area contributed by atoms with Gasteiger partial charge in [-0.3, -0.25) is 4.79 Å². The number of hydrogen-bond acceptors (Lipinski definition) is 5. The van der Waals surface area contributed by atoms with Gasteiger partial charge < -0.3 is 14.5 Å². The lowest BCUT2D eigenvalue weighted by Crippen LogP contribution is -2.29. The lowest BCUT2D eigenvalue weighted by molar-refractivity contribution is 0.0768. The molecule has 0 bridgehead atoms. The molecule has 3 rings (SSSR count). The molecule has 2 atom stereocenters. The minimum atomic E-state index is -0.514. The van der Waals surface area contributed by atoms with Gasteiger partial charge >= 0.3 is 0 Å². The number of carbonyl (C=O) groups excluding carboxylic acids is 1. The molecule has 1 saturated heterocycles. The molecule has 3 heterocycles. The van der Waals surface area contributed by atoms with Gasteiger partial charge in [-0.05, 0) is 30.9 Å². The van der Waals surface area contributed by atoms with Crippen LogP contribution < -0.4 is 0 Å². The van der Waals surface area contributed by atoms with Crippen LogP contribution in [-0.4, -0.2) is 40.3 Å². The molecule has 1 fully saturated rings. The van der Waals surface area contributed by atoms with Crippen molar-refractivity contribution in [1.29, 1.82) is 0 Å². The van der Waals surface area contributed by atoms with E-state index >= 15 is 0 Å². The zero-order valence-corrected chi connectivity index (χ0v) is 12.9. The molecule has 0 spiro atoms. The summed E-state index contributed by atoms with van der Waals surface area (Å²) in [4.78, 5) is 15.0. The second kappa shape index (κ2) is 5.61. The molecule has 1 amide bonds. The summed E-state index contributed by atoms with van der Waals surface area (Å²) in [5, 5.41) is 16.0. The van der Waals surface area contributed by atoms with Crippen LogP contribution >= 0.6 is 11.3 Å². The van der Waals surface area contributed by atoms with E-state index in [0.717, 1.165) is 21.9 Å². The van der Waals surface area contributed by atoms with E-state index in [0.29, 0.717) is 19.5 Å². The number of hydrogen-bond donors (Lipinski definition) is 1. The largest absolute Gasteiger partial charge is 0.391 e. The number of thiophene rings is 1. The number of nitrogens with zero attached hydrogens (tertiary/aromatic N) is 2. The van der Waals surface area contributed by atoms with Crippen molar-refractivity contribution in [3.05, 3.63) is 39.4 Å². The van der Waals surface area contributed by atoms with Crippen molar-refractivity contribution >= 4 is 17.2 Å². The topological polar surface area (TPSA) is 66.6 Å². The van der Waals surface area contributed by atoms with Crippen LogP contribution in [0.2, 0.25) is 0 Å². The molecule has 5 nitrogen and oxygen atoms in total. The number of aliphatic hydroxyl groups is 1. The summed E-state index contributed by atoms with van der Waals surface area (Å²) in [5.41, 5.74) is 1.83. The normalized spacial score (nSPS) is 22.0. The highest BCUT2D eigenvalue weighted by molar-refractivity contribution is 7.12. The predicted molar refractivity (Wildman–Crippen MR) is 79.4 cm³/mol. The molecule has 0 unspecified atom stereocenters. The molecule has 6 heteroatoms. The first-order chi connectivity index (χ1) is 10.0. The maximum Gasteiger partial charge on any atom is 0.264 e. The molecule has 1 aliphatic heterocycles. The van der Waals surface area contributed by atoms with Crippen LogP contribution in [0.15, 0.2) is 22.0 Å². The molecule has 2 aromatic heterocycles. The number of likely N-dealkylation sites (tertiary alicyclic amines) is 1. The Kier molecular flexibility index (Phi) is 3.82. The average Bonchev–Trinajstić information content (AvgIpc) is 3.12. The van der Waals surface area contributed by atoms with E-state index in [4.69, 9.17) is 4.52 Å². The van der Waals surface area contributed by atoms with Gasteiger partial charge in [0.15, 0.2) is 0 Å². The molecule has 0 aromatic carbocycles. The average molecular weight is 306 g/mol. The summed E-state index contributed by atoms with van der Waals surface area (Å²) in [6.45, 7) is 4.74. The van der Waals surface area contributed by atoms with Gasteiger partial charge in [-0.1, -0.05) is 5.16 Å². The first-order valence-electron chi connectivity index (χ1n) is 6.98. The number of carbonyl (C=O) groups is 1.